The topological polar surface area (TPSA) is 27.1 Å². The summed E-state index contributed by atoms with van der Waals surface area (Å²) in [6.07, 6.45) is -2.61. The summed E-state index contributed by atoms with van der Waals surface area (Å²) in [7, 11) is 0. The van der Waals surface area contributed by atoms with Crippen molar-refractivity contribution in [1.29, 1.82) is 0 Å². The quantitative estimate of drug-likeness (QED) is 0.803. The number of aromatic nitrogens is 2. The molecule has 0 bridgehead atoms. The Morgan fingerprint density at radius 3 is 2.44 bits per heavy atom. The third-order valence-corrected chi connectivity index (χ3v) is 2.29. The Kier molecular flexibility index (Phi) is 3.50. The molecular weight excluding hydrogens is 221 g/mol. The van der Waals surface area contributed by atoms with Crippen LogP contribution in [0.15, 0.2) is 12.3 Å². The minimum Gasteiger partial charge on any atom is -0.476 e. The summed E-state index contributed by atoms with van der Waals surface area (Å²) >= 11 is 0. The molecule has 0 fully saturated rings. The molecule has 92 valence electrons. The average molecular weight is 236 g/mol. The number of nitrogens with zero attached hydrogens (tertiary/aromatic N) is 2. The van der Waals surface area contributed by atoms with E-state index in [0.717, 1.165) is 13.8 Å². The highest BCUT2D eigenvalue weighted by Crippen LogP contribution is 2.37. The molecule has 1 heterocycles. The zero-order valence-electron chi connectivity index (χ0n) is 9.51. The van der Waals surface area contributed by atoms with Gasteiger partial charge < -0.3 is 4.74 Å². The lowest BCUT2D eigenvalue weighted by Crippen LogP contribution is -2.37. The molecule has 0 aliphatic rings. The van der Waals surface area contributed by atoms with Crippen LogP contribution in [0.2, 0.25) is 0 Å². The van der Waals surface area contributed by atoms with Gasteiger partial charge in [-0.05, 0) is 20.8 Å². The molecule has 0 unspecified atom stereocenters. The first kappa shape index (κ1) is 12.9. The van der Waals surface area contributed by atoms with E-state index in [1.165, 1.54) is 0 Å². The van der Waals surface area contributed by atoms with E-state index in [1.807, 2.05) is 6.92 Å². The molecule has 0 aliphatic carbocycles. The van der Waals surface area contributed by atoms with Crippen molar-refractivity contribution in [2.24, 2.45) is 5.41 Å². The lowest BCUT2D eigenvalue weighted by molar-refractivity contribution is -0.219. The molecule has 0 aromatic carbocycles. The number of rotatable bonds is 4. The van der Waals surface area contributed by atoms with Gasteiger partial charge in [0.1, 0.15) is 6.61 Å². The van der Waals surface area contributed by atoms with Crippen LogP contribution >= 0.6 is 0 Å². The van der Waals surface area contributed by atoms with Crippen LogP contribution in [0.25, 0.3) is 0 Å². The molecule has 0 amide bonds. The molecular formula is C10H15F3N2O. The fourth-order valence-electron chi connectivity index (χ4n) is 0.932. The lowest BCUT2D eigenvalue weighted by atomic mass is 9.94. The van der Waals surface area contributed by atoms with Crippen molar-refractivity contribution in [1.82, 2.24) is 9.78 Å². The normalized spacial score (nSPS) is 12.9. The molecule has 0 saturated carbocycles. The number of alkyl halides is 3. The maximum absolute atomic E-state index is 12.5. The molecule has 6 heteroatoms. The van der Waals surface area contributed by atoms with Gasteiger partial charge in [0.25, 0.3) is 0 Å². The summed E-state index contributed by atoms with van der Waals surface area (Å²) in [5, 5.41) is 3.94. The summed E-state index contributed by atoms with van der Waals surface area (Å²) in [5.74, 6) is 0.221. The molecule has 0 radical (unpaired) electrons. The third-order valence-electron chi connectivity index (χ3n) is 2.29. The summed E-state index contributed by atoms with van der Waals surface area (Å²) in [6, 6.07) is 1.55. The first-order valence-electron chi connectivity index (χ1n) is 4.99. The number of hydrogen-bond acceptors (Lipinski definition) is 2. The van der Waals surface area contributed by atoms with Gasteiger partial charge in [-0.2, -0.15) is 13.2 Å². The van der Waals surface area contributed by atoms with Crippen molar-refractivity contribution in [3.8, 4) is 5.88 Å². The first-order chi connectivity index (χ1) is 7.26. The Balaban J connectivity index is 2.57. The van der Waals surface area contributed by atoms with Crippen LogP contribution in [0.4, 0.5) is 13.2 Å². The standard InChI is InChI=1S/C10H15F3N2O/c1-4-15-6-5-8(14-15)16-7-9(2,3)10(11,12)13/h5-6H,4,7H2,1-3H3. The molecule has 0 aliphatic heterocycles. The van der Waals surface area contributed by atoms with Crippen LogP contribution in [-0.2, 0) is 6.54 Å². The number of hydrogen-bond donors (Lipinski definition) is 0. The van der Waals surface area contributed by atoms with Gasteiger partial charge in [-0.3, -0.25) is 4.68 Å². The predicted octanol–water partition coefficient (Wildman–Crippen LogP) is 2.87. The lowest BCUT2D eigenvalue weighted by Gasteiger charge is -2.26. The third kappa shape index (κ3) is 2.90. The molecule has 1 rings (SSSR count). The zero-order chi connectivity index (χ0) is 12.4. The van der Waals surface area contributed by atoms with Crippen molar-refractivity contribution in [2.75, 3.05) is 6.61 Å². The number of halogens is 3. The van der Waals surface area contributed by atoms with Crippen molar-refractivity contribution < 1.29 is 17.9 Å². The fourth-order valence-corrected chi connectivity index (χ4v) is 0.932. The van der Waals surface area contributed by atoms with Crippen molar-refractivity contribution >= 4 is 0 Å². The van der Waals surface area contributed by atoms with Gasteiger partial charge in [0.15, 0.2) is 0 Å². The number of ether oxygens (including phenoxy) is 1. The van der Waals surface area contributed by atoms with Gasteiger partial charge in [0, 0.05) is 18.8 Å². The van der Waals surface area contributed by atoms with Crippen LogP contribution in [0.5, 0.6) is 5.88 Å². The van der Waals surface area contributed by atoms with Crippen molar-refractivity contribution in [3.05, 3.63) is 12.3 Å². The molecule has 0 atom stereocenters. The molecule has 0 spiro atoms. The summed E-state index contributed by atoms with van der Waals surface area (Å²) in [5.41, 5.74) is -1.87. The highest BCUT2D eigenvalue weighted by Gasteiger charge is 2.48. The molecule has 1 aromatic heterocycles. The van der Waals surface area contributed by atoms with E-state index in [2.05, 4.69) is 5.10 Å². The Labute approximate surface area is 92.2 Å². The molecule has 0 saturated heterocycles. The van der Waals surface area contributed by atoms with E-state index < -0.39 is 18.2 Å². The second-order valence-corrected chi connectivity index (χ2v) is 4.18. The smallest absolute Gasteiger partial charge is 0.397 e. The van der Waals surface area contributed by atoms with E-state index in [4.69, 9.17) is 4.74 Å². The first-order valence-corrected chi connectivity index (χ1v) is 4.99. The minimum absolute atomic E-state index is 0.221. The minimum atomic E-state index is -4.28. The van der Waals surface area contributed by atoms with Crippen molar-refractivity contribution in [3.63, 3.8) is 0 Å². The van der Waals surface area contributed by atoms with E-state index in [1.54, 1.807) is 16.9 Å². The van der Waals surface area contributed by atoms with Gasteiger partial charge in [-0.25, -0.2) is 0 Å². The number of aryl methyl sites for hydroxylation is 1. The Morgan fingerprint density at radius 1 is 1.38 bits per heavy atom. The summed E-state index contributed by atoms with van der Waals surface area (Å²) < 4.78 is 44.1. The SMILES string of the molecule is CCn1ccc(OCC(C)(C)C(F)(F)F)n1. The van der Waals surface area contributed by atoms with E-state index >= 15 is 0 Å². The molecule has 1 aromatic rings. The summed E-state index contributed by atoms with van der Waals surface area (Å²) in [6.45, 7) is 4.31. The average Bonchev–Trinajstić information content (AvgIpc) is 2.60. The predicted molar refractivity (Wildman–Crippen MR) is 53.2 cm³/mol. The Hall–Kier alpha value is -1.20. The largest absolute Gasteiger partial charge is 0.476 e. The molecule has 0 N–H and O–H groups in total. The molecule has 16 heavy (non-hydrogen) atoms. The van der Waals surface area contributed by atoms with Crippen LogP contribution in [0, 0.1) is 5.41 Å². The maximum atomic E-state index is 12.5. The van der Waals surface area contributed by atoms with Gasteiger partial charge in [0.05, 0.1) is 5.41 Å². The second kappa shape index (κ2) is 4.35. The monoisotopic (exact) mass is 236 g/mol. The van der Waals surface area contributed by atoms with E-state index in [-0.39, 0.29) is 5.88 Å². The van der Waals surface area contributed by atoms with Crippen LogP contribution in [-0.4, -0.2) is 22.6 Å². The van der Waals surface area contributed by atoms with Gasteiger partial charge >= 0.3 is 6.18 Å². The van der Waals surface area contributed by atoms with E-state index in [0.29, 0.717) is 6.54 Å². The van der Waals surface area contributed by atoms with Crippen LogP contribution < -0.4 is 4.74 Å². The maximum Gasteiger partial charge on any atom is 0.397 e. The molecule has 3 nitrogen and oxygen atoms in total. The van der Waals surface area contributed by atoms with Gasteiger partial charge in [-0.15, -0.1) is 5.10 Å². The second-order valence-electron chi connectivity index (χ2n) is 4.18. The van der Waals surface area contributed by atoms with E-state index in [9.17, 15) is 13.2 Å². The van der Waals surface area contributed by atoms with Gasteiger partial charge in [-0.1, -0.05) is 0 Å². The van der Waals surface area contributed by atoms with Crippen LogP contribution in [0.3, 0.4) is 0 Å². The summed E-state index contributed by atoms with van der Waals surface area (Å²) in [4.78, 5) is 0. The van der Waals surface area contributed by atoms with Crippen molar-refractivity contribution in [2.45, 2.75) is 33.5 Å². The zero-order valence-corrected chi connectivity index (χ0v) is 9.51. The Morgan fingerprint density at radius 2 is 2.00 bits per heavy atom. The Bertz CT molecular complexity index is 344. The fraction of sp³-hybridized carbons (Fsp3) is 0.700. The van der Waals surface area contributed by atoms with Gasteiger partial charge in [0.2, 0.25) is 5.88 Å². The van der Waals surface area contributed by atoms with Crippen LogP contribution in [0.1, 0.15) is 20.8 Å². The highest BCUT2D eigenvalue weighted by molar-refractivity contribution is 5.06. The highest BCUT2D eigenvalue weighted by atomic mass is 19.4.